The number of nitrogens with zero attached hydrogens (tertiary/aromatic N) is 3. The lowest BCUT2D eigenvalue weighted by Gasteiger charge is -2.42. The van der Waals surface area contributed by atoms with Crippen LogP contribution in [0.25, 0.3) is 0 Å². The van der Waals surface area contributed by atoms with E-state index in [-0.39, 0.29) is 10.9 Å². The van der Waals surface area contributed by atoms with Crippen LogP contribution in [0.2, 0.25) is 0 Å². The zero-order valence-electron chi connectivity index (χ0n) is 12.1. The van der Waals surface area contributed by atoms with Gasteiger partial charge in [-0.1, -0.05) is 6.92 Å². The number of piperazine rings is 1. The van der Waals surface area contributed by atoms with Gasteiger partial charge in [-0.3, -0.25) is 9.88 Å². The lowest BCUT2D eigenvalue weighted by Crippen LogP contribution is -2.57. The minimum absolute atomic E-state index is 0.0485. The van der Waals surface area contributed by atoms with Crippen LogP contribution in [0.15, 0.2) is 23.4 Å². The molecule has 1 aromatic rings. The fraction of sp³-hybridized carbons (Fsp3) is 0.643. The summed E-state index contributed by atoms with van der Waals surface area (Å²) < 4.78 is 40.5. The maximum absolute atomic E-state index is 13.3. The van der Waals surface area contributed by atoms with Crippen LogP contribution in [0.4, 0.5) is 4.39 Å². The molecule has 5 nitrogen and oxygen atoms in total. The maximum Gasteiger partial charge on any atom is 0.245 e. The molecular weight excluding hydrogens is 293 g/mol. The largest absolute Gasteiger partial charge is 0.297 e. The van der Waals surface area contributed by atoms with Gasteiger partial charge in [0, 0.05) is 31.4 Å². The topological polar surface area (TPSA) is 53.5 Å². The molecule has 3 rings (SSSR count). The number of pyridine rings is 1. The first-order chi connectivity index (χ1) is 10.0. The third-order valence-corrected chi connectivity index (χ3v) is 6.38. The monoisotopic (exact) mass is 313 g/mol. The SMILES string of the molecule is CC[C@@H]1CN2CCC[C@@H]2CN1S(=O)(=O)c1cncc(F)c1. The van der Waals surface area contributed by atoms with E-state index < -0.39 is 15.8 Å². The van der Waals surface area contributed by atoms with E-state index in [1.807, 2.05) is 6.92 Å². The first-order valence-corrected chi connectivity index (χ1v) is 8.83. The predicted octanol–water partition coefficient (Wildman–Crippen LogP) is 1.47. The van der Waals surface area contributed by atoms with E-state index in [1.54, 1.807) is 4.31 Å². The summed E-state index contributed by atoms with van der Waals surface area (Å²) in [5.74, 6) is -0.622. The van der Waals surface area contributed by atoms with Crippen LogP contribution in [0.5, 0.6) is 0 Å². The van der Waals surface area contributed by atoms with Crippen molar-refractivity contribution in [3.63, 3.8) is 0 Å². The van der Waals surface area contributed by atoms with Crippen molar-refractivity contribution in [3.05, 3.63) is 24.3 Å². The molecule has 0 radical (unpaired) electrons. The van der Waals surface area contributed by atoms with Gasteiger partial charge in [0.05, 0.1) is 6.20 Å². The summed E-state index contributed by atoms with van der Waals surface area (Å²) in [4.78, 5) is 6.00. The minimum atomic E-state index is -3.68. The van der Waals surface area contributed by atoms with Crippen molar-refractivity contribution in [2.24, 2.45) is 0 Å². The second kappa shape index (κ2) is 5.62. The second-order valence-electron chi connectivity index (χ2n) is 5.77. The molecule has 2 aliphatic rings. The molecule has 116 valence electrons. The molecule has 7 heteroatoms. The molecule has 0 spiro atoms. The molecule has 3 heterocycles. The van der Waals surface area contributed by atoms with E-state index in [9.17, 15) is 12.8 Å². The van der Waals surface area contributed by atoms with Gasteiger partial charge in [-0.05, 0) is 31.9 Å². The highest BCUT2D eigenvalue weighted by Crippen LogP contribution is 2.30. The zero-order valence-corrected chi connectivity index (χ0v) is 12.9. The van der Waals surface area contributed by atoms with Gasteiger partial charge in [-0.15, -0.1) is 0 Å². The molecule has 0 aromatic carbocycles. The Kier molecular flexibility index (Phi) is 3.98. The van der Waals surface area contributed by atoms with E-state index in [2.05, 4.69) is 9.88 Å². The van der Waals surface area contributed by atoms with Crippen LogP contribution in [-0.4, -0.2) is 54.3 Å². The van der Waals surface area contributed by atoms with Crippen molar-refractivity contribution in [2.45, 2.75) is 43.2 Å². The molecule has 0 N–H and O–H groups in total. The Labute approximate surface area is 124 Å². The van der Waals surface area contributed by atoms with Crippen molar-refractivity contribution < 1.29 is 12.8 Å². The van der Waals surface area contributed by atoms with Gasteiger partial charge in [0.25, 0.3) is 0 Å². The highest BCUT2D eigenvalue weighted by Gasteiger charge is 2.41. The molecule has 2 fully saturated rings. The second-order valence-corrected chi connectivity index (χ2v) is 7.66. The number of aromatic nitrogens is 1. The Bertz CT molecular complexity index is 622. The molecule has 2 aliphatic heterocycles. The molecular formula is C14H20FN3O2S. The number of fused-ring (bicyclic) bond motifs is 1. The standard InChI is InChI=1S/C14H20FN3O2S/c1-2-12-9-17-5-3-4-13(17)10-18(12)21(19,20)14-6-11(15)7-16-8-14/h6-8,12-13H,2-5,9-10H2,1H3/t12-,13-/m1/s1. The molecule has 21 heavy (non-hydrogen) atoms. The fourth-order valence-corrected chi connectivity index (χ4v) is 5.06. The molecule has 0 bridgehead atoms. The lowest BCUT2D eigenvalue weighted by molar-refractivity contribution is 0.106. The first kappa shape index (κ1) is 14.9. The van der Waals surface area contributed by atoms with E-state index in [0.29, 0.717) is 12.6 Å². The summed E-state index contributed by atoms with van der Waals surface area (Å²) in [6.45, 7) is 4.31. The van der Waals surface area contributed by atoms with Crippen molar-refractivity contribution in [2.75, 3.05) is 19.6 Å². The van der Waals surface area contributed by atoms with Crippen molar-refractivity contribution >= 4 is 10.0 Å². The van der Waals surface area contributed by atoms with Gasteiger partial charge in [-0.25, -0.2) is 12.8 Å². The van der Waals surface area contributed by atoms with E-state index in [4.69, 9.17) is 0 Å². The zero-order chi connectivity index (χ0) is 15.0. The normalized spacial score (nSPS) is 27.7. The first-order valence-electron chi connectivity index (χ1n) is 7.39. The highest BCUT2D eigenvalue weighted by molar-refractivity contribution is 7.89. The Hall–Kier alpha value is -1.05. The Morgan fingerprint density at radius 2 is 2.19 bits per heavy atom. The maximum atomic E-state index is 13.3. The van der Waals surface area contributed by atoms with Crippen molar-refractivity contribution in [1.82, 2.24) is 14.2 Å². The molecule has 0 unspecified atom stereocenters. The number of rotatable bonds is 3. The molecule has 2 atom stereocenters. The number of hydrogen-bond acceptors (Lipinski definition) is 4. The summed E-state index contributed by atoms with van der Waals surface area (Å²) in [6, 6.07) is 1.30. The summed E-state index contributed by atoms with van der Waals surface area (Å²) in [5, 5.41) is 0. The minimum Gasteiger partial charge on any atom is -0.297 e. The molecule has 1 aromatic heterocycles. The summed E-state index contributed by atoms with van der Waals surface area (Å²) >= 11 is 0. The highest BCUT2D eigenvalue weighted by atomic mass is 32.2. The number of sulfonamides is 1. The Morgan fingerprint density at radius 1 is 1.38 bits per heavy atom. The van der Waals surface area contributed by atoms with E-state index in [0.717, 1.165) is 44.6 Å². The van der Waals surface area contributed by atoms with Crippen LogP contribution in [0.1, 0.15) is 26.2 Å². The summed E-state index contributed by atoms with van der Waals surface area (Å²) in [5.41, 5.74) is 0. The Morgan fingerprint density at radius 3 is 2.90 bits per heavy atom. The van der Waals surface area contributed by atoms with Crippen molar-refractivity contribution in [1.29, 1.82) is 0 Å². The van der Waals surface area contributed by atoms with E-state index >= 15 is 0 Å². The van der Waals surface area contributed by atoms with Crippen LogP contribution in [-0.2, 0) is 10.0 Å². The third kappa shape index (κ3) is 2.69. The smallest absolute Gasteiger partial charge is 0.245 e. The third-order valence-electron chi connectivity index (χ3n) is 4.50. The molecule has 0 amide bonds. The van der Waals surface area contributed by atoms with Crippen LogP contribution >= 0.6 is 0 Å². The molecule has 0 aliphatic carbocycles. The average molecular weight is 313 g/mol. The van der Waals surface area contributed by atoms with Gasteiger partial charge in [-0.2, -0.15) is 4.31 Å². The van der Waals surface area contributed by atoms with Gasteiger partial charge in [0.2, 0.25) is 10.0 Å². The van der Waals surface area contributed by atoms with E-state index in [1.165, 1.54) is 6.20 Å². The Balaban J connectivity index is 1.92. The van der Waals surface area contributed by atoms with Gasteiger partial charge in [0.15, 0.2) is 0 Å². The van der Waals surface area contributed by atoms with Crippen LogP contribution < -0.4 is 0 Å². The summed E-state index contributed by atoms with van der Waals surface area (Å²) in [7, 11) is -3.68. The van der Waals surface area contributed by atoms with Gasteiger partial charge < -0.3 is 0 Å². The summed E-state index contributed by atoms with van der Waals surface area (Å²) in [6.07, 6.45) is 5.16. The number of hydrogen-bond donors (Lipinski definition) is 0. The van der Waals surface area contributed by atoms with Crippen molar-refractivity contribution in [3.8, 4) is 0 Å². The molecule has 2 saturated heterocycles. The van der Waals surface area contributed by atoms with Crippen LogP contribution in [0.3, 0.4) is 0 Å². The molecule has 0 saturated carbocycles. The quantitative estimate of drug-likeness (QED) is 0.848. The predicted molar refractivity (Wildman–Crippen MR) is 76.8 cm³/mol. The fourth-order valence-electron chi connectivity index (χ4n) is 3.36. The lowest BCUT2D eigenvalue weighted by atomic mass is 10.1. The van der Waals surface area contributed by atoms with Gasteiger partial charge in [0.1, 0.15) is 10.7 Å². The van der Waals surface area contributed by atoms with Crippen LogP contribution in [0, 0.1) is 5.82 Å². The van der Waals surface area contributed by atoms with Gasteiger partial charge >= 0.3 is 0 Å². The number of halogens is 1. The average Bonchev–Trinajstić information content (AvgIpc) is 2.93.